The van der Waals surface area contributed by atoms with Gasteiger partial charge in [0, 0.05) is 24.2 Å². The Bertz CT molecular complexity index is 511. The van der Waals surface area contributed by atoms with Gasteiger partial charge in [-0.2, -0.15) is 0 Å². The van der Waals surface area contributed by atoms with E-state index in [0.29, 0.717) is 13.2 Å². The minimum Gasteiger partial charge on any atom is -0.481 e. The molecule has 1 aromatic rings. The Labute approximate surface area is 138 Å². The number of nitrogens with one attached hydrogen (secondary N) is 1. The highest BCUT2D eigenvalue weighted by molar-refractivity contribution is 9.10. The molecule has 0 aliphatic carbocycles. The number of aliphatic carboxylic acids is 1. The van der Waals surface area contributed by atoms with Gasteiger partial charge < -0.3 is 15.2 Å². The fourth-order valence-electron chi connectivity index (χ4n) is 2.65. The molecule has 1 heterocycles. The third-order valence-corrected chi connectivity index (χ3v) is 4.48. The molecule has 1 aliphatic rings. The van der Waals surface area contributed by atoms with Gasteiger partial charge in [0.1, 0.15) is 0 Å². The molecule has 0 spiro atoms. The molecule has 120 valence electrons. The van der Waals surface area contributed by atoms with Gasteiger partial charge in [0.25, 0.3) is 0 Å². The van der Waals surface area contributed by atoms with Crippen molar-refractivity contribution >= 4 is 27.8 Å². The van der Waals surface area contributed by atoms with Gasteiger partial charge in [-0.05, 0) is 36.5 Å². The zero-order valence-electron chi connectivity index (χ0n) is 12.3. The van der Waals surface area contributed by atoms with E-state index in [9.17, 15) is 14.7 Å². The first-order valence-corrected chi connectivity index (χ1v) is 8.17. The first-order chi connectivity index (χ1) is 10.6. The van der Waals surface area contributed by atoms with E-state index >= 15 is 0 Å². The molecule has 0 saturated carbocycles. The summed E-state index contributed by atoms with van der Waals surface area (Å²) in [7, 11) is 0. The summed E-state index contributed by atoms with van der Waals surface area (Å²) in [6.07, 6.45) is 1.73. The minimum absolute atomic E-state index is 0.0687. The van der Waals surface area contributed by atoms with Crippen molar-refractivity contribution in [3.63, 3.8) is 0 Å². The number of hydrogen-bond acceptors (Lipinski definition) is 3. The maximum atomic E-state index is 12.0. The van der Waals surface area contributed by atoms with Crippen LogP contribution in [-0.4, -0.2) is 36.7 Å². The van der Waals surface area contributed by atoms with Gasteiger partial charge in [0.2, 0.25) is 5.91 Å². The van der Waals surface area contributed by atoms with Crippen LogP contribution in [0.15, 0.2) is 28.7 Å². The summed E-state index contributed by atoms with van der Waals surface area (Å²) in [5.74, 6) is -1.48. The van der Waals surface area contributed by atoms with E-state index in [2.05, 4.69) is 21.2 Å². The second kappa shape index (κ2) is 8.29. The molecule has 1 aromatic carbocycles. The number of hydrogen-bond donors (Lipinski definition) is 2. The molecule has 0 radical (unpaired) electrons. The van der Waals surface area contributed by atoms with Crippen molar-refractivity contribution < 1.29 is 19.4 Å². The molecule has 6 heteroatoms. The third kappa shape index (κ3) is 5.10. The van der Waals surface area contributed by atoms with Crippen LogP contribution in [0.2, 0.25) is 0 Å². The topological polar surface area (TPSA) is 75.6 Å². The van der Waals surface area contributed by atoms with Crippen LogP contribution in [0.4, 0.5) is 0 Å². The number of benzene rings is 1. The molecule has 1 fully saturated rings. The summed E-state index contributed by atoms with van der Waals surface area (Å²) >= 11 is 3.35. The van der Waals surface area contributed by atoms with E-state index in [4.69, 9.17) is 4.74 Å². The van der Waals surface area contributed by atoms with Crippen LogP contribution in [-0.2, 0) is 20.7 Å². The van der Waals surface area contributed by atoms with Crippen LogP contribution in [0.25, 0.3) is 0 Å². The molecular formula is C16H20BrNO4. The van der Waals surface area contributed by atoms with Crippen LogP contribution in [0.5, 0.6) is 0 Å². The zero-order valence-corrected chi connectivity index (χ0v) is 13.8. The van der Waals surface area contributed by atoms with E-state index in [1.807, 2.05) is 24.3 Å². The molecule has 2 N–H and O–H groups in total. The number of carboxylic acid groups (broad SMARTS) is 1. The second-order valence-corrected chi connectivity index (χ2v) is 6.42. The summed E-state index contributed by atoms with van der Waals surface area (Å²) in [6.45, 7) is 1.37. The second-order valence-electron chi connectivity index (χ2n) is 5.50. The highest BCUT2D eigenvalue weighted by Gasteiger charge is 2.29. The van der Waals surface area contributed by atoms with E-state index in [-0.39, 0.29) is 24.8 Å². The molecule has 1 atom stereocenters. The van der Waals surface area contributed by atoms with Crippen molar-refractivity contribution in [3.8, 4) is 0 Å². The lowest BCUT2D eigenvalue weighted by Gasteiger charge is -2.27. The third-order valence-electron chi connectivity index (χ3n) is 3.95. The Morgan fingerprint density at radius 3 is 2.50 bits per heavy atom. The summed E-state index contributed by atoms with van der Waals surface area (Å²) in [5, 5.41) is 12.1. The Balaban J connectivity index is 1.84. The fraction of sp³-hybridized carbons (Fsp3) is 0.500. The number of carbonyl (C=O) groups is 2. The number of halogens is 1. The lowest BCUT2D eigenvalue weighted by Crippen LogP contribution is -2.39. The van der Waals surface area contributed by atoms with Gasteiger partial charge >= 0.3 is 5.97 Å². The first-order valence-electron chi connectivity index (χ1n) is 7.38. The lowest BCUT2D eigenvalue weighted by atomic mass is 9.86. The molecule has 5 nitrogen and oxygen atoms in total. The summed E-state index contributed by atoms with van der Waals surface area (Å²) in [6, 6.07) is 7.50. The Morgan fingerprint density at radius 2 is 1.91 bits per heavy atom. The molecule has 1 amide bonds. The highest BCUT2D eigenvalue weighted by atomic mass is 79.9. The molecule has 0 bridgehead atoms. The van der Waals surface area contributed by atoms with Crippen LogP contribution in [0, 0.1) is 11.8 Å². The van der Waals surface area contributed by atoms with Crippen LogP contribution < -0.4 is 5.32 Å². The van der Waals surface area contributed by atoms with Gasteiger partial charge in [-0.1, -0.05) is 28.1 Å². The molecule has 1 saturated heterocycles. The quantitative estimate of drug-likeness (QED) is 0.805. The number of amides is 1. The predicted octanol–water partition coefficient (Wildman–Crippen LogP) is 2.24. The normalized spacial score (nSPS) is 17.0. The van der Waals surface area contributed by atoms with E-state index in [1.54, 1.807) is 0 Å². The summed E-state index contributed by atoms with van der Waals surface area (Å²) in [4.78, 5) is 23.4. The number of carboxylic acids is 1. The van der Waals surface area contributed by atoms with E-state index in [1.165, 1.54) is 0 Å². The number of ether oxygens (including phenoxy) is 1. The van der Waals surface area contributed by atoms with E-state index < -0.39 is 11.9 Å². The minimum atomic E-state index is -0.851. The van der Waals surface area contributed by atoms with Gasteiger partial charge in [-0.3, -0.25) is 9.59 Å². The van der Waals surface area contributed by atoms with Gasteiger partial charge in [0.15, 0.2) is 0 Å². The zero-order chi connectivity index (χ0) is 15.9. The van der Waals surface area contributed by atoms with Gasteiger partial charge in [-0.25, -0.2) is 0 Å². The SMILES string of the molecule is O=C(Cc1ccc(Br)cc1)NCC(C(=O)O)C1CCOCC1. The predicted molar refractivity (Wildman–Crippen MR) is 85.5 cm³/mol. The first kappa shape index (κ1) is 17.0. The average Bonchev–Trinajstić information content (AvgIpc) is 2.50. The largest absolute Gasteiger partial charge is 0.481 e. The van der Waals surface area contributed by atoms with Crippen LogP contribution >= 0.6 is 15.9 Å². The van der Waals surface area contributed by atoms with Crippen molar-refractivity contribution in [2.45, 2.75) is 19.3 Å². The standard InChI is InChI=1S/C16H20BrNO4/c17-13-3-1-11(2-4-13)9-15(19)18-10-14(16(20)21)12-5-7-22-8-6-12/h1-4,12,14H,5-10H2,(H,18,19)(H,20,21). The molecular weight excluding hydrogens is 350 g/mol. The summed E-state index contributed by atoms with van der Waals surface area (Å²) in [5.41, 5.74) is 0.902. The maximum absolute atomic E-state index is 12.0. The summed E-state index contributed by atoms with van der Waals surface area (Å²) < 4.78 is 6.22. The highest BCUT2D eigenvalue weighted by Crippen LogP contribution is 2.23. The molecule has 2 rings (SSSR count). The lowest BCUT2D eigenvalue weighted by molar-refractivity contribution is -0.144. The average molecular weight is 370 g/mol. The Hall–Kier alpha value is -1.40. The van der Waals surface area contributed by atoms with Crippen LogP contribution in [0.3, 0.4) is 0 Å². The smallest absolute Gasteiger partial charge is 0.308 e. The number of rotatable bonds is 6. The van der Waals surface area contributed by atoms with Crippen molar-refractivity contribution in [2.24, 2.45) is 11.8 Å². The van der Waals surface area contributed by atoms with E-state index in [0.717, 1.165) is 22.9 Å². The Kier molecular flexibility index (Phi) is 6.39. The maximum Gasteiger partial charge on any atom is 0.308 e. The van der Waals surface area contributed by atoms with Crippen molar-refractivity contribution in [1.82, 2.24) is 5.32 Å². The van der Waals surface area contributed by atoms with Crippen molar-refractivity contribution in [2.75, 3.05) is 19.8 Å². The molecule has 1 unspecified atom stereocenters. The van der Waals surface area contributed by atoms with Crippen molar-refractivity contribution in [1.29, 1.82) is 0 Å². The molecule has 1 aliphatic heterocycles. The molecule has 0 aromatic heterocycles. The van der Waals surface area contributed by atoms with Gasteiger partial charge in [0.05, 0.1) is 12.3 Å². The fourth-order valence-corrected chi connectivity index (χ4v) is 2.91. The van der Waals surface area contributed by atoms with Gasteiger partial charge in [-0.15, -0.1) is 0 Å². The Morgan fingerprint density at radius 1 is 1.27 bits per heavy atom. The van der Waals surface area contributed by atoms with Crippen molar-refractivity contribution in [3.05, 3.63) is 34.3 Å². The molecule has 22 heavy (non-hydrogen) atoms. The number of carbonyl (C=O) groups excluding carboxylic acids is 1. The monoisotopic (exact) mass is 369 g/mol. The van der Waals surface area contributed by atoms with Crippen LogP contribution in [0.1, 0.15) is 18.4 Å².